The largest absolute Gasteiger partial charge is 0.598 e. The minimum absolute atomic E-state index is 0.0702. The highest BCUT2D eigenvalue weighted by molar-refractivity contribution is 7.88. The normalized spacial score (nSPS) is 19.4. The van der Waals surface area contributed by atoms with Crippen LogP contribution >= 0.6 is 0 Å². The van der Waals surface area contributed by atoms with Gasteiger partial charge in [0.2, 0.25) is 0 Å². The Morgan fingerprint density at radius 2 is 2.38 bits per heavy atom. The summed E-state index contributed by atoms with van der Waals surface area (Å²) in [6.45, 7) is 3.96. The molecule has 3 heterocycles. The second-order valence-electron chi connectivity index (χ2n) is 6.65. The van der Waals surface area contributed by atoms with E-state index in [9.17, 15) is 9.66 Å². The van der Waals surface area contributed by atoms with Crippen molar-refractivity contribution in [3.63, 3.8) is 0 Å². The van der Waals surface area contributed by atoms with Gasteiger partial charge >= 0.3 is 0 Å². The van der Waals surface area contributed by atoms with Crippen molar-refractivity contribution in [3.8, 4) is 11.4 Å². The summed E-state index contributed by atoms with van der Waals surface area (Å²) in [6.07, 6.45) is 7.02. The minimum atomic E-state index is -1.07. The Hall–Kier alpha value is -2.31. The van der Waals surface area contributed by atoms with E-state index >= 15 is 0 Å². The van der Waals surface area contributed by atoms with Crippen LogP contribution in [0.25, 0.3) is 17.5 Å². The first kappa shape index (κ1) is 21.4. The van der Waals surface area contributed by atoms with Crippen LogP contribution in [0.2, 0.25) is 0 Å². The van der Waals surface area contributed by atoms with E-state index < -0.39 is 17.5 Å². The number of morpholine rings is 1. The Bertz CT molecular complexity index is 855. The average Bonchev–Trinajstić information content (AvgIpc) is 3.20. The number of aliphatic hydroxyl groups is 1. The third-order valence-corrected chi connectivity index (χ3v) is 4.95. The molecule has 0 amide bonds. The Morgan fingerprint density at radius 1 is 1.55 bits per heavy atom. The van der Waals surface area contributed by atoms with Crippen LogP contribution in [-0.2, 0) is 16.1 Å². The summed E-state index contributed by atoms with van der Waals surface area (Å²) in [5.74, 6) is 1.35. The number of hydrogen-bond acceptors (Lipinski definition) is 9. The van der Waals surface area contributed by atoms with E-state index in [4.69, 9.17) is 10.1 Å². The predicted octanol–water partition coefficient (Wildman–Crippen LogP) is 0.369. The van der Waals surface area contributed by atoms with Crippen LogP contribution in [0.5, 0.6) is 0 Å². The maximum Gasteiger partial charge on any atom is 0.132 e. The number of rotatable bonds is 8. The van der Waals surface area contributed by atoms with Crippen LogP contribution < -0.4 is 9.62 Å². The van der Waals surface area contributed by atoms with Crippen molar-refractivity contribution >= 4 is 29.0 Å². The maximum atomic E-state index is 11.2. The van der Waals surface area contributed by atoms with Gasteiger partial charge in [0.1, 0.15) is 24.2 Å². The maximum absolute atomic E-state index is 11.2. The quantitative estimate of drug-likeness (QED) is 0.354. The Balaban J connectivity index is 1.69. The highest BCUT2D eigenvalue weighted by Gasteiger charge is 2.23. The molecular formula is C18H25N7O3S. The molecule has 3 atom stereocenters. The highest BCUT2D eigenvalue weighted by atomic mass is 32.2. The fourth-order valence-corrected chi connectivity index (χ4v) is 3.21. The van der Waals surface area contributed by atoms with Gasteiger partial charge in [0.15, 0.2) is 0 Å². The molecule has 2 unspecified atom stereocenters. The van der Waals surface area contributed by atoms with Gasteiger partial charge in [0, 0.05) is 30.5 Å². The summed E-state index contributed by atoms with van der Waals surface area (Å²) >= 11 is -1.07. The van der Waals surface area contributed by atoms with Gasteiger partial charge in [-0.3, -0.25) is 0 Å². The molecule has 3 rings (SSSR count). The third-order valence-electron chi connectivity index (χ3n) is 4.37. The number of nitrogens with zero attached hydrogens (tertiary/aromatic N) is 4. The van der Waals surface area contributed by atoms with Crippen molar-refractivity contribution in [1.29, 1.82) is 5.41 Å². The lowest BCUT2D eigenvalue weighted by atomic mass is 10.2. The number of anilines is 1. The van der Waals surface area contributed by atoms with Gasteiger partial charge in [0.25, 0.3) is 0 Å². The lowest BCUT2D eigenvalue weighted by Gasteiger charge is -2.33. The summed E-state index contributed by atoms with van der Waals surface area (Å²) in [4.78, 5) is 18.2. The van der Waals surface area contributed by atoms with Crippen LogP contribution in [0.3, 0.4) is 0 Å². The van der Waals surface area contributed by atoms with E-state index in [0.29, 0.717) is 37.8 Å². The molecule has 1 fully saturated rings. The van der Waals surface area contributed by atoms with Gasteiger partial charge in [-0.15, -0.1) is 4.72 Å². The fourth-order valence-electron chi connectivity index (χ4n) is 2.79. The van der Waals surface area contributed by atoms with Crippen molar-refractivity contribution in [3.05, 3.63) is 30.5 Å². The van der Waals surface area contributed by atoms with E-state index in [1.807, 2.05) is 6.07 Å². The first-order chi connectivity index (χ1) is 13.9. The molecule has 10 nitrogen and oxygen atoms in total. The van der Waals surface area contributed by atoms with Crippen molar-refractivity contribution in [1.82, 2.24) is 24.7 Å². The van der Waals surface area contributed by atoms with E-state index in [1.165, 1.54) is 19.3 Å². The molecule has 1 aliphatic heterocycles. The number of aliphatic hydroxyl groups excluding tert-OH is 1. The van der Waals surface area contributed by atoms with Crippen LogP contribution in [0.15, 0.2) is 24.7 Å². The highest BCUT2D eigenvalue weighted by Crippen LogP contribution is 2.21. The molecule has 11 heteroatoms. The Labute approximate surface area is 172 Å². The van der Waals surface area contributed by atoms with Crippen molar-refractivity contribution in [2.24, 2.45) is 0 Å². The molecule has 1 saturated heterocycles. The van der Waals surface area contributed by atoms with Crippen LogP contribution in [0, 0.1) is 5.41 Å². The number of nitrogens with one attached hydrogen (secondary N) is 3. The number of ether oxygens (including phenoxy) is 1. The molecule has 0 bridgehead atoms. The number of aromatic nitrogens is 4. The van der Waals surface area contributed by atoms with Gasteiger partial charge in [-0.25, -0.2) is 15.0 Å². The molecule has 4 N–H and O–H groups in total. The van der Waals surface area contributed by atoms with Gasteiger partial charge in [-0.2, -0.15) is 0 Å². The van der Waals surface area contributed by atoms with Crippen molar-refractivity contribution in [2.75, 3.05) is 37.4 Å². The molecule has 0 spiro atoms. The second kappa shape index (κ2) is 9.94. The topological polar surface area (TPSA) is 146 Å². The summed E-state index contributed by atoms with van der Waals surface area (Å²) in [5.41, 5.74) is 1.53. The molecule has 0 aromatic carbocycles. The first-order valence-corrected chi connectivity index (χ1v) is 10.7. The number of hydrogen-bond donors (Lipinski definition) is 4. The lowest BCUT2D eigenvalue weighted by molar-refractivity contribution is 0.0440. The molecule has 0 aliphatic carbocycles. The fraction of sp³-hybridized carbons (Fsp3) is 0.444. The Morgan fingerprint density at radius 3 is 3.14 bits per heavy atom. The van der Waals surface area contributed by atoms with Crippen molar-refractivity contribution in [2.45, 2.75) is 19.1 Å². The zero-order chi connectivity index (χ0) is 20.8. The van der Waals surface area contributed by atoms with E-state index in [2.05, 4.69) is 29.6 Å². The monoisotopic (exact) mass is 419 g/mol. The third kappa shape index (κ3) is 6.08. The summed E-state index contributed by atoms with van der Waals surface area (Å²) in [6, 6.07) is 1.88. The summed E-state index contributed by atoms with van der Waals surface area (Å²) in [7, 11) is 0. The van der Waals surface area contributed by atoms with Gasteiger partial charge in [0.05, 0.1) is 48.7 Å². The van der Waals surface area contributed by atoms with Crippen molar-refractivity contribution < 1.29 is 14.4 Å². The standard InChI is InChI=1S/C18H25N7O3S/c1-12(26)14(19)3-4-17-20-9-16(24-17)15-7-18(22-11-21-15)25-5-6-28-13(10-25)8-23-29(2)27/h3-4,7,9,11-13,19,23,26H,5-6,8,10H2,1-2H3,(H,20,24)/b4-3-,19-14?/t12?,13-,29?/m1/s1. The minimum Gasteiger partial charge on any atom is -0.598 e. The molecule has 0 saturated carbocycles. The average molecular weight is 420 g/mol. The Kier molecular flexibility index (Phi) is 7.34. The van der Waals surface area contributed by atoms with Gasteiger partial charge in [-0.1, -0.05) is 0 Å². The molecule has 29 heavy (non-hydrogen) atoms. The van der Waals surface area contributed by atoms with Crippen LogP contribution in [-0.4, -0.2) is 80.0 Å². The molecule has 2 aromatic heterocycles. The van der Waals surface area contributed by atoms with Crippen LogP contribution in [0.1, 0.15) is 12.7 Å². The zero-order valence-electron chi connectivity index (χ0n) is 16.3. The number of H-pyrrole nitrogens is 1. The van der Waals surface area contributed by atoms with Gasteiger partial charge < -0.3 is 29.7 Å². The molecular weight excluding hydrogens is 394 g/mol. The number of imidazole rings is 1. The smallest absolute Gasteiger partial charge is 0.132 e. The number of aromatic amines is 1. The lowest BCUT2D eigenvalue weighted by Crippen LogP contribution is -2.47. The molecule has 2 aromatic rings. The molecule has 1 aliphatic rings. The molecule has 156 valence electrons. The summed E-state index contributed by atoms with van der Waals surface area (Å²) < 4.78 is 19.8. The SMILES string of the molecule is CC(O)C(=N)/C=C\c1ncc(-c2cc(N3CCO[C@H](CN[S+](C)[O-])C3)ncn2)[nH]1. The second-order valence-corrected chi connectivity index (χ2v) is 7.85. The predicted molar refractivity (Wildman–Crippen MR) is 112 cm³/mol. The first-order valence-electron chi connectivity index (χ1n) is 9.18. The van der Waals surface area contributed by atoms with E-state index in [0.717, 1.165) is 11.5 Å². The molecule has 0 radical (unpaired) electrons. The van der Waals surface area contributed by atoms with Gasteiger partial charge in [-0.05, 0) is 19.1 Å². The van der Waals surface area contributed by atoms with E-state index in [-0.39, 0.29) is 11.8 Å². The summed E-state index contributed by atoms with van der Waals surface area (Å²) in [5, 5.41) is 17.0. The van der Waals surface area contributed by atoms with Crippen LogP contribution in [0.4, 0.5) is 5.82 Å². The van der Waals surface area contributed by atoms with E-state index in [1.54, 1.807) is 18.5 Å². The zero-order valence-corrected chi connectivity index (χ0v) is 17.1.